The molecule has 0 fully saturated rings. The highest BCUT2D eigenvalue weighted by Gasteiger charge is 2.06. The number of aromatic nitrogens is 2. The molecular weight excluding hydrogens is 310 g/mol. The molecule has 0 bridgehead atoms. The van der Waals surface area contributed by atoms with Gasteiger partial charge < -0.3 is 5.32 Å². The van der Waals surface area contributed by atoms with Crippen LogP contribution in [0.25, 0.3) is 0 Å². The van der Waals surface area contributed by atoms with Crippen LogP contribution in [0, 0.1) is 6.92 Å². The quantitative estimate of drug-likeness (QED) is 0.684. The van der Waals surface area contributed by atoms with Crippen molar-refractivity contribution < 1.29 is 0 Å². The minimum Gasteiger partial charge on any atom is -0.357 e. The largest absolute Gasteiger partial charge is 0.357 e. The molecule has 94 valence electrons. The summed E-state index contributed by atoms with van der Waals surface area (Å²) in [4.78, 5) is 8.58. The minimum absolute atomic E-state index is 0.644. The topological polar surface area (TPSA) is 37.8 Å². The maximum absolute atomic E-state index is 4.43. The first-order valence-electron chi connectivity index (χ1n) is 5.58. The summed E-state index contributed by atoms with van der Waals surface area (Å²) in [6.07, 6.45) is 1.78. The summed E-state index contributed by atoms with van der Waals surface area (Å²) in [7, 11) is 1.82. The van der Waals surface area contributed by atoms with Crippen LogP contribution in [0.3, 0.4) is 0 Å². The number of thioether (sulfide) groups is 1. The average molecular weight is 324 g/mol. The van der Waals surface area contributed by atoms with E-state index in [9.17, 15) is 0 Å². The lowest BCUT2D eigenvalue weighted by atomic mass is 10.1. The van der Waals surface area contributed by atoms with Crippen molar-refractivity contribution in [1.29, 1.82) is 0 Å². The molecule has 2 rings (SSSR count). The van der Waals surface area contributed by atoms with Gasteiger partial charge in [-0.05, 0) is 34.0 Å². The van der Waals surface area contributed by atoms with Crippen molar-refractivity contribution in [2.75, 3.05) is 12.4 Å². The summed E-state index contributed by atoms with van der Waals surface area (Å²) in [6, 6.07) is 8.40. The highest BCUT2D eigenvalue weighted by Crippen LogP contribution is 2.29. The van der Waals surface area contributed by atoms with E-state index >= 15 is 0 Å². The lowest BCUT2D eigenvalue weighted by molar-refractivity contribution is 1.02. The summed E-state index contributed by atoms with van der Waals surface area (Å²) < 4.78 is 0.931. The lowest BCUT2D eigenvalue weighted by Gasteiger charge is -2.07. The van der Waals surface area contributed by atoms with Crippen molar-refractivity contribution in [2.24, 2.45) is 0 Å². The van der Waals surface area contributed by atoms with Crippen molar-refractivity contribution in [3.8, 4) is 0 Å². The first-order chi connectivity index (χ1) is 8.70. The molecule has 1 heterocycles. The number of halogens is 1. The van der Waals surface area contributed by atoms with Crippen LogP contribution in [0.15, 0.2) is 40.0 Å². The van der Waals surface area contributed by atoms with Crippen LogP contribution in [0.1, 0.15) is 11.1 Å². The molecule has 0 amide bonds. The molecule has 0 aliphatic rings. The molecule has 1 aromatic carbocycles. The van der Waals surface area contributed by atoms with Crippen LogP contribution in [0.5, 0.6) is 0 Å². The number of nitrogens with zero attached hydrogens (tertiary/aromatic N) is 2. The van der Waals surface area contributed by atoms with Gasteiger partial charge in [-0.3, -0.25) is 0 Å². The fourth-order valence-corrected chi connectivity index (χ4v) is 2.98. The highest BCUT2D eigenvalue weighted by atomic mass is 79.9. The van der Waals surface area contributed by atoms with E-state index in [-0.39, 0.29) is 0 Å². The summed E-state index contributed by atoms with van der Waals surface area (Å²) in [5, 5.41) is 3.90. The Labute approximate surface area is 120 Å². The van der Waals surface area contributed by atoms with Gasteiger partial charge in [-0.15, -0.1) is 11.8 Å². The summed E-state index contributed by atoms with van der Waals surface area (Å²) in [5.74, 6) is 1.55. The minimum atomic E-state index is 0.644. The Morgan fingerprint density at radius 3 is 2.83 bits per heavy atom. The van der Waals surface area contributed by atoms with Crippen molar-refractivity contribution in [1.82, 2.24) is 9.97 Å². The van der Waals surface area contributed by atoms with E-state index in [4.69, 9.17) is 0 Å². The Kier molecular flexibility index (Phi) is 4.60. The molecule has 5 heteroatoms. The van der Waals surface area contributed by atoms with E-state index < -0.39 is 0 Å². The van der Waals surface area contributed by atoms with Crippen molar-refractivity contribution in [2.45, 2.75) is 17.7 Å². The molecule has 18 heavy (non-hydrogen) atoms. The Morgan fingerprint density at radius 1 is 1.33 bits per heavy atom. The molecule has 1 aromatic heterocycles. The van der Waals surface area contributed by atoms with Gasteiger partial charge in [0, 0.05) is 19.0 Å². The third kappa shape index (κ3) is 3.23. The second-order valence-corrected chi connectivity index (χ2v) is 5.63. The Morgan fingerprint density at radius 2 is 2.11 bits per heavy atom. The van der Waals surface area contributed by atoms with Crippen molar-refractivity contribution >= 4 is 33.6 Å². The van der Waals surface area contributed by atoms with Gasteiger partial charge in [-0.2, -0.15) is 0 Å². The third-order valence-corrected chi connectivity index (χ3v) is 4.44. The molecule has 0 saturated heterocycles. The van der Waals surface area contributed by atoms with Crippen LogP contribution >= 0.6 is 27.7 Å². The zero-order valence-corrected chi connectivity index (χ0v) is 12.7. The Hall–Kier alpha value is -1.07. The molecule has 0 saturated carbocycles. The molecule has 0 spiro atoms. The van der Waals surface area contributed by atoms with Gasteiger partial charge in [0.2, 0.25) is 5.95 Å². The maximum atomic E-state index is 4.43. The van der Waals surface area contributed by atoms with Crippen LogP contribution in [0.4, 0.5) is 5.95 Å². The molecule has 0 unspecified atom stereocenters. The van der Waals surface area contributed by atoms with Crippen molar-refractivity contribution in [3.63, 3.8) is 0 Å². The van der Waals surface area contributed by atoms with E-state index in [0.717, 1.165) is 15.3 Å². The second kappa shape index (κ2) is 6.20. The van der Waals surface area contributed by atoms with Crippen molar-refractivity contribution in [3.05, 3.63) is 46.1 Å². The van der Waals surface area contributed by atoms with Crippen LogP contribution < -0.4 is 5.32 Å². The molecule has 0 radical (unpaired) electrons. The SMILES string of the molecule is CNc1ncc(Br)c(SCc2ccccc2C)n1. The number of benzene rings is 1. The normalized spacial score (nSPS) is 10.4. The molecular formula is C13H14BrN3S. The fourth-order valence-electron chi connectivity index (χ4n) is 1.49. The average Bonchev–Trinajstić information content (AvgIpc) is 2.39. The Bertz CT molecular complexity index is 546. The van der Waals surface area contributed by atoms with Gasteiger partial charge in [0.25, 0.3) is 0 Å². The zero-order chi connectivity index (χ0) is 13.0. The molecule has 0 atom stereocenters. The van der Waals surface area contributed by atoms with Gasteiger partial charge in [-0.25, -0.2) is 9.97 Å². The first kappa shape index (κ1) is 13.4. The van der Waals surface area contributed by atoms with E-state index in [1.807, 2.05) is 7.05 Å². The molecule has 1 N–H and O–H groups in total. The number of rotatable bonds is 4. The number of hydrogen-bond acceptors (Lipinski definition) is 4. The maximum Gasteiger partial charge on any atom is 0.223 e. The first-order valence-corrected chi connectivity index (χ1v) is 7.36. The van der Waals surface area contributed by atoms with Gasteiger partial charge in [0.05, 0.1) is 4.47 Å². The predicted molar refractivity (Wildman–Crippen MR) is 80.0 cm³/mol. The van der Waals surface area contributed by atoms with Crippen LogP contribution in [-0.2, 0) is 5.75 Å². The molecule has 3 nitrogen and oxygen atoms in total. The van der Waals surface area contributed by atoms with Crippen LogP contribution in [-0.4, -0.2) is 17.0 Å². The summed E-state index contributed by atoms with van der Waals surface area (Å²) in [5.41, 5.74) is 2.64. The molecule has 2 aromatic rings. The fraction of sp³-hybridized carbons (Fsp3) is 0.231. The molecule has 0 aliphatic heterocycles. The summed E-state index contributed by atoms with van der Waals surface area (Å²) >= 11 is 5.18. The number of nitrogens with one attached hydrogen (secondary N) is 1. The van der Waals surface area contributed by atoms with E-state index in [1.54, 1.807) is 18.0 Å². The number of aryl methyl sites for hydroxylation is 1. The van der Waals surface area contributed by atoms with Gasteiger partial charge >= 0.3 is 0 Å². The molecule has 0 aliphatic carbocycles. The zero-order valence-electron chi connectivity index (χ0n) is 10.3. The van der Waals surface area contributed by atoms with Gasteiger partial charge in [0.1, 0.15) is 5.03 Å². The highest BCUT2D eigenvalue weighted by molar-refractivity contribution is 9.10. The standard InChI is InChI=1S/C13H14BrN3S/c1-9-5-3-4-6-10(9)8-18-12-11(14)7-16-13(15-2)17-12/h3-7H,8H2,1-2H3,(H,15,16,17). The monoisotopic (exact) mass is 323 g/mol. The predicted octanol–water partition coefficient (Wildman–Crippen LogP) is 3.88. The number of hydrogen-bond donors (Lipinski definition) is 1. The third-order valence-electron chi connectivity index (χ3n) is 2.56. The second-order valence-electron chi connectivity index (χ2n) is 3.81. The Balaban J connectivity index is 2.13. The smallest absolute Gasteiger partial charge is 0.223 e. The van der Waals surface area contributed by atoms with E-state index in [0.29, 0.717) is 5.95 Å². The van der Waals surface area contributed by atoms with Gasteiger partial charge in [0.15, 0.2) is 0 Å². The van der Waals surface area contributed by atoms with Gasteiger partial charge in [-0.1, -0.05) is 24.3 Å². The summed E-state index contributed by atoms with van der Waals surface area (Å²) in [6.45, 7) is 2.13. The number of anilines is 1. The van der Waals surface area contributed by atoms with E-state index in [2.05, 4.69) is 62.4 Å². The lowest BCUT2D eigenvalue weighted by Crippen LogP contribution is -1.97. The van der Waals surface area contributed by atoms with E-state index in [1.165, 1.54) is 11.1 Å². The van der Waals surface area contributed by atoms with Crippen LogP contribution in [0.2, 0.25) is 0 Å².